The maximum absolute atomic E-state index is 13.1. The number of likely N-dealkylation sites (tertiary alicyclic amines) is 1. The summed E-state index contributed by atoms with van der Waals surface area (Å²) in [6.07, 6.45) is 1.69. The van der Waals surface area contributed by atoms with Crippen LogP contribution in [0.15, 0.2) is 48.5 Å². The van der Waals surface area contributed by atoms with Crippen molar-refractivity contribution in [2.75, 3.05) is 25.4 Å². The first kappa shape index (κ1) is 20.2. The van der Waals surface area contributed by atoms with Gasteiger partial charge in [-0.2, -0.15) is 0 Å². The van der Waals surface area contributed by atoms with Gasteiger partial charge in [-0.05, 0) is 49.1 Å². The van der Waals surface area contributed by atoms with Crippen LogP contribution >= 0.6 is 23.4 Å². The Morgan fingerprint density at radius 2 is 1.79 bits per heavy atom. The van der Waals surface area contributed by atoms with Crippen molar-refractivity contribution in [1.29, 1.82) is 0 Å². The fourth-order valence-corrected chi connectivity index (χ4v) is 5.50. The van der Waals surface area contributed by atoms with E-state index in [1.165, 1.54) is 24.3 Å². The standard InChI is InChI=1S/C22H22ClFN2O2S/c23-19-4-2-1-3-18(19)22-26(20(27)14-29-22)13-15-9-11-25(12-10-15)21(28)16-5-7-17(24)8-6-16/h1-8,15,22H,9-14H2. The molecule has 2 aromatic rings. The number of rotatable bonds is 4. The first-order valence-corrected chi connectivity index (χ1v) is 11.2. The van der Waals surface area contributed by atoms with E-state index in [0.717, 1.165) is 18.4 Å². The van der Waals surface area contributed by atoms with Crippen LogP contribution in [0.4, 0.5) is 4.39 Å². The van der Waals surface area contributed by atoms with E-state index >= 15 is 0 Å². The van der Waals surface area contributed by atoms with Crippen LogP contribution < -0.4 is 0 Å². The van der Waals surface area contributed by atoms with E-state index in [4.69, 9.17) is 11.6 Å². The van der Waals surface area contributed by atoms with E-state index < -0.39 is 0 Å². The fourth-order valence-electron chi connectivity index (χ4n) is 3.96. The molecule has 0 saturated carbocycles. The molecule has 4 rings (SSSR count). The van der Waals surface area contributed by atoms with Crippen LogP contribution in [0.5, 0.6) is 0 Å². The highest BCUT2D eigenvalue weighted by Crippen LogP contribution is 2.42. The first-order chi connectivity index (χ1) is 14.0. The van der Waals surface area contributed by atoms with Gasteiger partial charge in [0, 0.05) is 35.8 Å². The summed E-state index contributed by atoms with van der Waals surface area (Å²) in [6.45, 7) is 1.97. The second-order valence-electron chi connectivity index (χ2n) is 7.47. The minimum atomic E-state index is -0.346. The highest BCUT2D eigenvalue weighted by Gasteiger charge is 2.36. The quantitative estimate of drug-likeness (QED) is 0.708. The predicted molar refractivity (Wildman–Crippen MR) is 113 cm³/mol. The van der Waals surface area contributed by atoms with Crippen molar-refractivity contribution in [3.05, 3.63) is 70.5 Å². The van der Waals surface area contributed by atoms with Gasteiger partial charge in [0.2, 0.25) is 5.91 Å². The highest BCUT2D eigenvalue weighted by atomic mass is 35.5. The lowest BCUT2D eigenvalue weighted by Crippen LogP contribution is -2.42. The Morgan fingerprint density at radius 3 is 2.48 bits per heavy atom. The Hall–Kier alpha value is -2.05. The molecule has 2 aromatic carbocycles. The fraction of sp³-hybridized carbons (Fsp3) is 0.364. The van der Waals surface area contributed by atoms with Gasteiger partial charge in [-0.3, -0.25) is 9.59 Å². The normalized spacial score (nSPS) is 20.3. The number of nitrogens with zero attached hydrogens (tertiary/aromatic N) is 2. The highest BCUT2D eigenvalue weighted by molar-refractivity contribution is 8.00. The molecule has 1 unspecified atom stereocenters. The summed E-state index contributed by atoms with van der Waals surface area (Å²) in [5.74, 6) is 0.550. The second-order valence-corrected chi connectivity index (χ2v) is 8.95. The molecule has 2 aliphatic rings. The Kier molecular flexibility index (Phi) is 6.11. The summed E-state index contributed by atoms with van der Waals surface area (Å²) >= 11 is 7.98. The van der Waals surface area contributed by atoms with Gasteiger partial charge in [0.1, 0.15) is 11.2 Å². The molecule has 0 aromatic heterocycles. The smallest absolute Gasteiger partial charge is 0.253 e. The van der Waals surface area contributed by atoms with Gasteiger partial charge < -0.3 is 9.80 Å². The van der Waals surface area contributed by atoms with Crippen molar-refractivity contribution in [3.63, 3.8) is 0 Å². The summed E-state index contributed by atoms with van der Waals surface area (Å²) in [6, 6.07) is 13.4. The van der Waals surface area contributed by atoms with Gasteiger partial charge in [-0.15, -0.1) is 11.8 Å². The van der Waals surface area contributed by atoms with Crippen LogP contribution in [0.3, 0.4) is 0 Å². The SMILES string of the molecule is O=C(c1ccc(F)cc1)N1CCC(CN2C(=O)CSC2c2ccccc2Cl)CC1. The van der Waals surface area contributed by atoms with Gasteiger partial charge >= 0.3 is 0 Å². The molecule has 0 spiro atoms. The lowest BCUT2D eigenvalue weighted by Gasteiger charge is -2.35. The van der Waals surface area contributed by atoms with E-state index in [2.05, 4.69) is 0 Å². The molecule has 2 aliphatic heterocycles. The van der Waals surface area contributed by atoms with Crippen LogP contribution in [-0.2, 0) is 4.79 Å². The van der Waals surface area contributed by atoms with Gasteiger partial charge in [0.15, 0.2) is 0 Å². The lowest BCUT2D eigenvalue weighted by molar-refractivity contribution is -0.128. The minimum absolute atomic E-state index is 0.0462. The number of amides is 2. The Labute approximate surface area is 179 Å². The van der Waals surface area contributed by atoms with Crippen molar-refractivity contribution in [2.45, 2.75) is 18.2 Å². The monoisotopic (exact) mass is 432 g/mol. The molecular weight excluding hydrogens is 411 g/mol. The predicted octanol–water partition coefficient (Wildman–Crippen LogP) is 4.61. The van der Waals surface area contributed by atoms with Crippen molar-refractivity contribution in [3.8, 4) is 0 Å². The van der Waals surface area contributed by atoms with Crippen LogP contribution in [-0.4, -0.2) is 47.0 Å². The molecule has 2 fully saturated rings. The number of piperidine rings is 1. The van der Waals surface area contributed by atoms with E-state index in [1.807, 2.05) is 34.1 Å². The van der Waals surface area contributed by atoms with Crippen LogP contribution in [0.2, 0.25) is 5.02 Å². The summed E-state index contributed by atoms with van der Waals surface area (Å²) in [7, 11) is 0. The third-order valence-corrected chi connectivity index (χ3v) is 7.17. The third-order valence-electron chi connectivity index (χ3n) is 5.59. The van der Waals surface area contributed by atoms with Crippen molar-refractivity contribution in [1.82, 2.24) is 9.80 Å². The molecule has 2 amide bonds. The average Bonchev–Trinajstić information content (AvgIpc) is 3.09. The third kappa shape index (κ3) is 4.43. The zero-order valence-electron chi connectivity index (χ0n) is 15.9. The summed E-state index contributed by atoms with van der Waals surface area (Å²) in [5.41, 5.74) is 1.49. The number of carbonyl (C=O) groups is 2. The second kappa shape index (κ2) is 8.76. The molecule has 2 saturated heterocycles. The first-order valence-electron chi connectivity index (χ1n) is 9.73. The number of thioether (sulfide) groups is 1. The molecule has 152 valence electrons. The van der Waals surface area contributed by atoms with Crippen LogP contribution in [0.25, 0.3) is 0 Å². The van der Waals surface area contributed by atoms with Crippen molar-refractivity contribution in [2.24, 2.45) is 5.92 Å². The van der Waals surface area contributed by atoms with Crippen molar-refractivity contribution < 1.29 is 14.0 Å². The number of benzene rings is 2. The van der Waals surface area contributed by atoms with Gasteiger partial charge in [-0.1, -0.05) is 29.8 Å². The zero-order valence-corrected chi connectivity index (χ0v) is 17.5. The van der Waals surface area contributed by atoms with E-state index in [9.17, 15) is 14.0 Å². The topological polar surface area (TPSA) is 40.6 Å². The van der Waals surface area contributed by atoms with Gasteiger partial charge in [-0.25, -0.2) is 4.39 Å². The summed E-state index contributed by atoms with van der Waals surface area (Å²) < 4.78 is 13.1. The van der Waals surface area contributed by atoms with Gasteiger partial charge in [0.05, 0.1) is 5.75 Å². The van der Waals surface area contributed by atoms with Crippen LogP contribution in [0, 0.1) is 11.7 Å². The Bertz CT molecular complexity index is 900. The Balaban J connectivity index is 1.37. The molecule has 2 heterocycles. The molecule has 29 heavy (non-hydrogen) atoms. The number of halogens is 2. The lowest BCUT2D eigenvalue weighted by atomic mass is 9.95. The number of carbonyl (C=O) groups excluding carboxylic acids is 2. The molecule has 0 N–H and O–H groups in total. The maximum atomic E-state index is 13.1. The van der Waals surface area contributed by atoms with Crippen molar-refractivity contribution >= 4 is 35.2 Å². The largest absolute Gasteiger partial charge is 0.339 e. The molecule has 7 heteroatoms. The van der Waals surface area contributed by atoms with Gasteiger partial charge in [0.25, 0.3) is 5.91 Å². The average molecular weight is 433 g/mol. The van der Waals surface area contributed by atoms with E-state index in [1.54, 1.807) is 11.8 Å². The summed E-state index contributed by atoms with van der Waals surface area (Å²) in [4.78, 5) is 28.9. The summed E-state index contributed by atoms with van der Waals surface area (Å²) in [5, 5.41) is 0.638. The number of hydrogen-bond donors (Lipinski definition) is 0. The molecular formula is C22H22ClFN2O2S. The molecule has 0 bridgehead atoms. The molecule has 1 atom stereocenters. The van der Waals surface area contributed by atoms with E-state index in [0.29, 0.717) is 41.9 Å². The van der Waals surface area contributed by atoms with E-state index in [-0.39, 0.29) is 23.0 Å². The maximum Gasteiger partial charge on any atom is 0.253 e. The Morgan fingerprint density at radius 1 is 1.10 bits per heavy atom. The zero-order chi connectivity index (χ0) is 20.4. The molecule has 4 nitrogen and oxygen atoms in total. The minimum Gasteiger partial charge on any atom is -0.339 e. The van der Waals surface area contributed by atoms with Crippen LogP contribution in [0.1, 0.15) is 34.1 Å². The molecule has 0 aliphatic carbocycles. The number of hydrogen-bond acceptors (Lipinski definition) is 3. The molecule has 0 radical (unpaired) electrons.